The highest BCUT2D eigenvalue weighted by Crippen LogP contribution is 2.15. The van der Waals surface area contributed by atoms with E-state index < -0.39 is 0 Å². The summed E-state index contributed by atoms with van der Waals surface area (Å²) >= 11 is 0. The zero-order valence-corrected chi connectivity index (χ0v) is 10.1. The number of nitrogens with one attached hydrogen (secondary N) is 1. The van der Waals surface area contributed by atoms with Crippen LogP contribution in [0.4, 0.5) is 5.82 Å². The van der Waals surface area contributed by atoms with Crippen LogP contribution in [0.25, 0.3) is 11.2 Å². The van der Waals surface area contributed by atoms with Crippen molar-refractivity contribution in [2.75, 3.05) is 25.6 Å². The zero-order chi connectivity index (χ0) is 12.1. The summed E-state index contributed by atoms with van der Waals surface area (Å²) in [5.74, 6) is 0.728. The van der Waals surface area contributed by atoms with Crippen molar-refractivity contribution in [1.29, 1.82) is 0 Å². The normalized spacial score (nSPS) is 10.9. The second-order valence-electron chi connectivity index (χ2n) is 3.57. The van der Waals surface area contributed by atoms with Gasteiger partial charge in [0, 0.05) is 26.8 Å². The molecule has 0 saturated heterocycles. The fraction of sp³-hybridized carbons (Fsp3) is 0.600. The maximum Gasteiger partial charge on any atom is 0.183 e. The van der Waals surface area contributed by atoms with Gasteiger partial charge in [-0.2, -0.15) is 0 Å². The molecule has 1 N–H and O–H groups in total. The summed E-state index contributed by atoms with van der Waals surface area (Å²) < 4.78 is 6.73. The number of hydrogen-bond donors (Lipinski definition) is 1. The molecule has 0 aliphatic rings. The van der Waals surface area contributed by atoms with E-state index >= 15 is 0 Å². The van der Waals surface area contributed by atoms with Crippen LogP contribution in [0, 0.1) is 0 Å². The number of ether oxygens (including phenoxy) is 1. The fourth-order valence-electron chi connectivity index (χ4n) is 1.56. The average Bonchev–Trinajstić information content (AvgIpc) is 2.78. The smallest absolute Gasteiger partial charge is 0.183 e. The van der Waals surface area contributed by atoms with Crippen LogP contribution in [0.15, 0.2) is 6.33 Å². The summed E-state index contributed by atoms with van der Waals surface area (Å²) in [6.07, 6.45) is 2.44. The number of fused-ring (bicyclic) bond motifs is 1. The van der Waals surface area contributed by atoms with E-state index in [0.29, 0.717) is 5.52 Å². The lowest BCUT2D eigenvalue weighted by Gasteiger charge is -2.04. The van der Waals surface area contributed by atoms with Crippen molar-refractivity contribution in [3.05, 3.63) is 6.33 Å². The summed E-state index contributed by atoms with van der Waals surface area (Å²) in [4.78, 5) is 8.35. The Kier molecular flexibility index (Phi) is 3.81. The average molecular weight is 236 g/mol. The monoisotopic (exact) mass is 236 g/mol. The van der Waals surface area contributed by atoms with E-state index in [1.54, 1.807) is 11.8 Å². The van der Waals surface area contributed by atoms with E-state index in [-0.39, 0.29) is 0 Å². The molecule has 0 atom stereocenters. The molecule has 0 amide bonds. The first-order valence-electron chi connectivity index (χ1n) is 5.63. The molecule has 0 bridgehead atoms. The SMILES string of the molecule is CCn1nnc2c(NCCCOC)ncnc21. The molecule has 0 fully saturated rings. The van der Waals surface area contributed by atoms with Crippen molar-refractivity contribution in [2.24, 2.45) is 0 Å². The summed E-state index contributed by atoms with van der Waals surface area (Å²) in [6, 6.07) is 0. The second-order valence-corrected chi connectivity index (χ2v) is 3.57. The third-order valence-electron chi connectivity index (χ3n) is 2.42. The van der Waals surface area contributed by atoms with Gasteiger partial charge in [0.1, 0.15) is 6.33 Å². The van der Waals surface area contributed by atoms with Gasteiger partial charge < -0.3 is 10.1 Å². The summed E-state index contributed by atoms with van der Waals surface area (Å²) in [5, 5.41) is 11.3. The molecule has 2 rings (SSSR count). The summed E-state index contributed by atoms with van der Waals surface area (Å²) in [7, 11) is 1.69. The number of methoxy groups -OCH3 is 1. The largest absolute Gasteiger partial charge is 0.385 e. The molecule has 7 nitrogen and oxygen atoms in total. The van der Waals surface area contributed by atoms with Crippen molar-refractivity contribution in [2.45, 2.75) is 19.9 Å². The number of aromatic nitrogens is 5. The van der Waals surface area contributed by atoms with Gasteiger partial charge in [-0.15, -0.1) is 5.10 Å². The molecule has 2 aromatic rings. The standard InChI is InChI=1S/C10H16N6O/c1-3-16-10-8(14-15-16)9(12-7-13-10)11-5-4-6-17-2/h7H,3-6H2,1-2H3,(H,11,12,13). The molecular formula is C10H16N6O. The molecule has 0 spiro atoms. The minimum Gasteiger partial charge on any atom is -0.385 e. The molecule has 2 aromatic heterocycles. The maximum atomic E-state index is 4.98. The lowest BCUT2D eigenvalue weighted by Crippen LogP contribution is -2.07. The molecule has 0 aromatic carbocycles. The molecule has 0 aliphatic heterocycles. The first kappa shape index (κ1) is 11.7. The molecule has 0 radical (unpaired) electrons. The van der Waals surface area contributed by atoms with Gasteiger partial charge in [0.05, 0.1) is 0 Å². The van der Waals surface area contributed by atoms with Crippen LogP contribution < -0.4 is 5.32 Å². The van der Waals surface area contributed by atoms with Gasteiger partial charge in [-0.1, -0.05) is 5.21 Å². The van der Waals surface area contributed by atoms with Crippen LogP contribution in [-0.4, -0.2) is 45.2 Å². The van der Waals surface area contributed by atoms with Crippen molar-refractivity contribution in [3.63, 3.8) is 0 Å². The van der Waals surface area contributed by atoms with Crippen LogP contribution in [0.5, 0.6) is 0 Å². The zero-order valence-electron chi connectivity index (χ0n) is 10.1. The van der Waals surface area contributed by atoms with Crippen LogP contribution in [0.3, 0.4) is 0 Å². The lowest BCUT2D eigenvalue weighted by atomic mass is 10.4. The molecule has 0 unspecified atom stereocenters. The Bertz CT molecular complexity index is 483. The van der Waals surface area contributed by atoms with Gasteiger partial charge in [-0.05, 0) is 13.3 Å². The Balaban J connectivity index is 2.14. The Hall–Kier alpha value is -1.76. The third kappa shape index (κ3) is 2.50. The second kappa shape index (κ2) is 5.53. The van der Waals surface area contributed by atoms with Gasteiger partial charge in [0.15, 0.2) is 17.0 Å². The first-order valence-corrected chi connectivity index (χ1v) is 5.63. The highest BCUT2D eigenvalue weighted by atomic mass is 16.5. The number of nitrogens with zero attached hydrogens (tertiary/aromatic N) is 5. The molecule has 0 saturated carbocycles. The Labute approximate surface area is 99.2 Å². The van der Waals surface area contributed by atoms with E-state index in [1.165, 1.54) is 6.33 Å². The van der Waals surface area contributed by atoms with Crippen LogP contribution >= 0.6 is 0 Å². The number of aryl methyl sites for hydroxylation is 1. The van der Waals surface area contributed by atoms with E-state index in [4.69, 9.17) is 4.74 Å². The minimum absolute atomic E-state index is 0.715. The number of anilines is 1. The topological polar surface area (TPSA) is 77.8 Å². The molecule has 92 valence electrons. The highest BCUT2D eigenvalue weighted by molar-refractivity contribution is 5.81. The maximum absolute atomic E-state index is 4.98. The Morgan fingerprint density at radius 1 is 1.41 bits per heavy atom. The van der Waals surface area contributed by atoms with Crippen LogP contribution in [0.1, 0.15) is 13.3 Å². The molecule has 7 heteroatoms. The Morgan fingerprint density at radius 3 is 3.06 bits per heavy atom. The van der Waals surface area contributed by atoms with Gasteiger partial charge in [-0.3, -0.25) is 0 Å². The molecular weight excluding hydrogens is 220 g/mol. The van der Waals surface area contributed by atoms with E-state index in [1.807, 2.05) is 6.92 Å². The van der Waals surface area contributed by atoms with Crippen molar-refractivity contribution in [1.82, 2.24) is 25.0 Å². The summed E-state index contributed by atoms with van der Waals surface area (Å²) in [5.41, 5.74) is 1.48. The van der Waals surface area contributed by atoms with Gasteiger partial charge in [-0.25, -0.2) is 14.6 Å². The minimum atomic E-state index is 0.715. The van der Waals surface area contributed by atoms with Crippen molar-refractivity contribution in [3.8, 4) is 0 Å². The Morgan fingerprint density at radius 2 is 2.29 bits per heavy atom. The van der Waals surface area contributed by atoms with Gasteiger partial charge in [0.25, 0.3) is 0 Å². The summed E-state index contributed by atoms with van der Waals surface area (Å²) in [6.45, 7) is 4.26. The lowest BCUT2D eigenvalue weighted by molar-refractivity contribution is 0.198. The molecule has 0 aliphatic carbocycles. The molecule has 2 heterocycles. The fourth-order valence-corrected chi connectivity index (χ4v) is 1.56. The quantitative estimate of drug-likeness (QED) is 0.743. The van der Waals surface area contributed by atoms with Gasteiger partial charge in [0.2, 0.25) is 0 Å². The van der Waals surface area contributed by atoms with Crippen molar-refractivity contribution >= 4 is 17.0 Å². The van der Waals surface area contributed by atoms with E-state index in [2.05, 4.69) is 25.6 Å². The number of hydrogen-bond acceptors (Lipinski definition) is 6. The highest BCUT2D eigenvalue weighted by Gasteiger charge is 2.09. The van der Waals surface area contributed by atoms with E-state index in [9.17, 15) is 0 Å². The predicted octanol–water partition coefficient (Wildman–Crippen LogP) is 0.690. The number of rotatable bonds is 6. The van der Waals surface area contributed by atoms with E-state index in [0.717, 1.165) is 37.6 Å². The molecule has 17 heavy (non-hydrogen) atoms. The van der Waals surface area contributed by atoms with Gasteiger partial charge >= 0.3 is 0 Å². The van der Waals surface area contributed by atoms with Crippen LogP contribution in [-0.2, 0) is 11.3 Å². The van der Waals surface area contributed by atoms with Crippen molar-refractivity contribution < 1.29 is 4.74 Å². The predicted molar refractivity (Wildman–Crippen MR) is 63.8 cm³/mol. The third-order valence-corrected chi connectivity index (χ3v) is 2.42. The van der Waals surface area contributed by atoms with Crippen LogP contribution in [0.2, 0.25) is 0 Å². The first-order chi connectivity index (χ1) is 8.36.